The lowest BCUT2D eigenvalue weighted by atomic mass is 10.1. The van der Waals surface area contributed by atoms with Gasteiger partial charge in [0, 0.05) is 32.0 Å². The lowest BCUT2D eigenvalue weighted by Crippen LogP contribution is -2.25. The molecule has 0 bridgehead atoms. The lowest BCUT2D eigenvalue weighted by molar-refractivity contribution is 0.260. The Balaban J connectivity index is 1.67. The summed E-state index contributed by atoms with van der Waals surface area (Å²) in [6.07, 6.45) is 4.85. The van der Waals surface area contributed by atoms with E-state index in [9.17, 15) is 0 Å². The molecule has 0 amide bonds. The van der Waals surface area contributed by atoms with Gasteiger partial charge in [-0.1, -0.05) is 66.7 Å². The third kappa shape index (κ3) is 5.04. The Morgan fingerprint density at radius 3 is 1.91 bits per heavy atom. The molecule has 116 valence electrons. The smallest absolute Gasteiger partial charge is 0.0312 e. The fraction of sp³-hybridized carbons (Fsp3) is 0.190. The number of nitrogens with zero attached hydrogens (tertiary/aromatic N) is 2. The van der Waals surface area contributed by atoms with Gasteiger partial charge < -0.3 is 0 Å². The Morgan fingerprint density at radius 1 is 0.652 bits per heavy atom. The van der Waals surface area contributed by atoms with Gasteiger partial charge >= 0.3 is 0 Å². The van der Waals surface area contributed by atoms with E-state index in [4.69, 9.17) is 0 Å². The van der Waals surface area contributed by atoms with Crippen molar-refractivity contribution < 1.29 is 0 Å². The quantitative estimate of drug-likeness (QED) is 0.646. The van der Waals surface area contributed by atoms with Crippen molar-refractivity contribution in [3.8, 4) is 0 Å². The van der Waals surface area contributed by atoms with Crippen molar-refractivity contribution in [3.05, 3.63) is 102 Å². The fourth-order valence-electron chi connectivity index (χ4n) is 2.74. The number of hydrogen-bond acceptors (Lipinski definition) is 2. The maximum atomic E-state index is 4.24. The Labute approximate surface area is 138 Å². The number of aromatic nitrogens is 1. The third-order valence-electron chi connectivity index (χ3n) is 3.94. The van der Waals surface area contributed by atoms with E-state index in [2.05, 4.69) is 76.6 Å². The molecule has 0 saturated heterocycles. The molecule has 0 aliphatic rings. The van der Waals surface area contributed by atoms with E-state index in [1.165, 1.54) is 16.7 Å². The van der Waals surface area contributed by atoms with Crippen LogP contribution in [-0.2, 0) is 19.5 Å². The zero-order chi connectivity index (χ0) is 15.7. The summed E-state index contributed by atoms with van der Waals surface area (Å²) >= 11 is 0. The maximum absolute atomic E-state index is 4.24. The van der Waals surface area contributed by atoms with E-state index in [1.54, 1.807) is 0 Å². The predicted molar refractivity (Wildman–Crippen MR) is 94.9 cm³/mol. The standard InChI is InChI=1S/C21H22N2/c1-3-8-19(9-4-1)13-15-23(17-20-10-5-2-6-11-20)18-21-12-7-14-22-16-21/h1-12,14,16H,13,15,17-18H2. The molecule has 0 unspecified atom stereocenters. The van der Waals surface area contributed by atoms with Gasteiger partial charge in [0.15, 0.2) is 0 Å². The largest absolute Gasteiger partial charge is 0.294 e. The van der Waals surface area contributed by atoms with Gasteiger partial charge in [0.1, 0.15) is 0 Å². The van der Waals surface area contributed by atoms with Crippen LogP contribution in [0.1, 0.15) is 16.7 Å². The highest BCUT2D eigenvalue weighted by Gasteiger charge is 2.07. The number of rotatable bonds is 7. The van der Waals surface area contributed by atoms with Gasteiger partial charge in [0.25, 0.3) is 0 Å². The average molecular weight is 302 g/mol. The second-order valence-electron chi connectivity index (χ2n) is 5.79. The van der Waals surface area contributed by atoms with Gasteiger partial charge in [0.05, 0.1) is 0 Å². The average Bonchev–Trinajstić information content (AvgIpc) is 2.62. The van der Waals surface area contributed by atoms with Crippen LogP contribution in [0.3, 0.4) is 0 Å². The minimum absolute atomic E-state index is 0.926. The van der Waals surface area contributed by atoms with Gasteiger partial charge in [-0.2, -0.15) is 0 Å². The van der Waals surface area contributed by atoms with Crippen LogP contribution >= 0.6 is 0 Å². The van der Waals surface area contributed by atoms with Crippen LogP contribution in [0.25, 0.3) is 0 Å². The first-order valence-electron chi connectivity index (χ1n) is 8.09. The Bertz CT molecular complexity index is 639. The van der Waals surface area contributed by atoms with Crippen molar-refractivity contribution in [2.45, 2.75) is 19.5 Å². The molecule has 0 spiro atoms. The Kier molecular flexibility index (Phi) is 5.54. The first-order chi connectivity index (χ1) is 11.4. The number of benzene rings is 2. The molecule has 23 heavy (non-hydrogen) atoms. The molecule has 0 aliphatic carbocycles. The van der Waals surface area contributed by atoms with Crippen LogP contribution in [0.4, 0.5) is 0 Å². The van der Waals surface area contributed by atoms with Crippen LogP contribution in [-0.4, -0.2) is 16.4 Å². The maximum Gasteiger partial charge on any atom is 0.0312 e. The fourth-order valence-corrected chi connectivity index (χ4v) is 2.74. The summed E-state index contributed by atoms with van der Waals surface area (Å²) in [5.74, 6) is 0. The van der Waals surface area contributed by atoms with Crippen LogP contribution in [0.15, 0.2) is 85.2 Å². The molecule has 3 rings (SSSR count). The van der Waals surface area contributed by atoms with Crippen molar-refractivity contribution >= 4 is 0 Å². The van der Waals surface area contributed by atoms with Gasteiger partial charge in [-0.05, 0) is 29.2 Å². The molecule has 0 N–H and O–H groups in total. The normalized spacial score (nSPS) is 10.8. The molecular weight excluding hydrogens is 280 g/mol. The van der Waals surface area contributed by atoms with Gasteiger partial charge in [-0.15, -0.1) is 0 Å². The van der Waals surface area contributed by atoms with E-state index in [0.717, 1.165) is 26.1 Å². The molecule has 0 aliphatic heterocycles. The second-order valence-corrected chi connectivity index (χ2v) is 5.79. The summed E-state index contributed by atoms with van der Waals surface area (Å²) in [6.45, 7) is 2.92. The van der Waals surface area contributed by atoms with Crippen LogP contribution in [0.5, 0.6) is 0 Å². The molecule has 0 radical (unpaired) electrons. The Hall–Kier alpha value is -2.45. The topological polar surface area (TPSA) is 16.1 Å². The van der Waals surface area contributed by atoms with Crippen molar-refractivity contribution in [3.63, 3.8) is 0 Å². The van der Waals surface area contributed by atoms with Gasteiger partial charge in [0.2, 0.25) is 0 Å². The third-order valence-corrected chi connectivity index (χ3v) is 3.94. The Morgan fingerprint density at radius 2 is 1.26 bits per heavy atom. The van der Waals surface area contributed by atoms with Crippen LogP contribution < -0.4 is 0 Å². The zero-order valence-corrected chi connectivity index (χ0v) is 13.3. The predicted octanol–water partition coefficient (Wildman–Crippen LogP) is 4.33. The SMILES string of the molecule is c1ccc(CCN(Cc2ccccc2)Cc2cccnc2)cc1. The highest BCUT2D eigenvalue weighted by atomic mass is 15.1. The summed E-state index contributed by atoms with van der Waals surface area (Å²) < 4.78 is 0. The summed E-state index contributed by atoms with van der Waals surface area (Å²) in [4.78, 5) is 6.72. The lowest BCUT2D eigenvalue weighted by Gasteiger charge is -2.22. The zero-order valence-electron chi connectivity index (χ0n) is 13.3. The van der Waals surface area contributed by atoms with Gasteiger partial charge in [-0.25, -0.2) is 0 Å². The number of hydrogen-bond donors (Lipinski definition) is 0. The van der Waals surface area contributed by atoms with Crippen LogP contribution in [0.2, 0.25) is 0 Å². The van der Waals surface area contributed by atoms with Crippen LogP contribution in [0, 0.1) is 0 Å². The molecule has 0 fully saturated rings. The van der Waals surface area contributed by atoms with E-state index < -0.39 is 0 Å². The van der Waals surface area contributed by atoms with E-state index >= 15 is 0 Å². The first-order valence-corrected chi connectivity index (χ1v) is 8.09. The number of pyridine rings is 1. The molecule has 0 saturated carbocycles. The van der Waals surface area contributed by atoms with Crippen molar-refractivity contribution in [2.75, 3.05) is 6.54 Å². The summed E-state index contributed by atoms with van der Waals surface area (Å²) in [7, 11) is 0. The van der Waals surface area contributed by atoms with E-state index in [0.29, 0.717) is 0 Å². The molecule has 2 heteroatoms. The molecular formula is C21H22N2. The molecule has 1 heterocycles. The minimum Gasteiger partial charge on any atom is -0.294 e. The molecule has 0 atom stereocenters. The van der Waals surface area contributed by atoms with Gasteiger partial charge in [-0.3, -0.25) is 9.88 Å². The molecule has 1 aromatic heterocycles. The summed E-state index contributed by atoms with van der Waals surface area (Å²) in [5.41, 5.74) is 4.00. The monoisotopic (exact) mass is 302 g/mol. The molecule has 2 nitrogen and oxygen atoms in total. The first kappa shape index (κ1) is 15.4. The highest BCUT2D eigenvalue weighted by Crippen LogP contribution is 2.11. The molecule has 3 aromatic rings. The second kappa shape index (κ2) is 8.25. The summed E-state index contributed by atoms with van der Waals surface area (Å²) in [5, 5.41) is 0. The minimum atomic E-state index is 0.926. The summed E-state index contributed by atoms with van der Waals surface area (Å²) in [6, 6.07) is 25.5. The van der Waals surface area contributed by atoms with Crippen molar-refractivity contribution in [2.24, 2.45) is 0 Å². The van der Waals surface area contributed by atoms with E-state index in [-0.39, 0.29) is 0 Å². The molecule has 2 aromatic carbocycles. The highest BCUT2D eigenvalue weighted by molar-refractivity contribution is 5.17. The van der Waals surface area contributed by atoms with Crippen molar-refractivity contribution in [1.29, 1.82) is 0 Å². The van der Waals surface area contributed by atoms with Crippen molar-refractivity contribution in [1.82, 2.24) is 9.88 Å². The van der Waals surface area contributed by atoms with E-state index in [1.807, 2.05) is 18.5 Å².